The number of ether oxygens (including phenoxy) is 2. The molecule has 2 N–H and O–H groups in total. The Morgan fingerprint density at radius 2 is 1.81 bits per heavy atom. The van der Waals surface area contributed by atoms with Crippen LogP contribution in [0.1, 0.15) is 43.8 Å². The van der Waals surface area contributed by atoms with E-state index in [1.165, 1.54) is 0 Å². The minimum Gasteiger partial charge on any atom is -0.490 e. The molecule has 2 unspecified atom stereocenters. The topological polar surface area (TPSA) is 80.3 Å². The van der Waals surface area contributed by atoms with Gasteiger partial charge in [-0.2, -0.15) is 0 Å². The second-order valence-electron chi connectivity index (χ2n) is 7.97. The van der Waals surface area contributed by atoms with Crippen LogP contribution in [0.25, 0.3) is 0 Å². The van der Waals surface area contributed by atoms with E-state index in [9.17, 15) is 9.90 Å². The molecule has 0 saturated carbocycles. The van der Waals surface area contributed by atoms with Crippen LogP contribution in [0.4, 0.5) is 0 Å². The highest BCUT2D eigenvalue weighted by Crippen LogP contribution is 2.33. The van der Waals surface area contributed by atoms with E-state index in [1.54, 1.807) is 18.0 Å². The van der Waals surface area contributed by atoms with Crippen molar-refractivity contribution < 1.29 is 24.2 Å². The Morgan fingerprint density at radius 3 is 2.56 bits per heavy atom. The third-order valence-electron chi connectivity index (χ3n) is 5.57. The molecule has 2 heterocycles. The molecule has 0 aromatic heterocycles. The molecule has 2 aromatic carbocycles. The lowest BCUT2D eigenvalue weighted by Gasteiger charge is -2.31. The number of nitrogens with zero attached hydrogens (tertiary/aromatic N) is 1. The van der Waals surface area contributed by atoms with E-state index in [2.05, 4.69) is 9.79 Å². The van der Waals surface area contributed by atoms with Gasteiger partial charge in [-0.05, 0) is 55.8 Å². The molecule has 32 heavy (non-hydrogen) atoms. The van der Waals surface area contributed by atoms with Crippen LogP contribution in [0.15, 0.2) is 59.5 Å². The number of hydrogen-bond acceptors (Lipinski definition) is 7. The molecular formula is C24H30N2O5S. The number of piperidine rings is 1. The average Bonchev–Trinajstić information content (AvgIpc) is 2.85. The number of nitrogens with one attached hydrogen (secondary N) is 1. The summed E-state index contributed by atoms with van der Waals surface area (Å²) in [5.74, 6) is 0.307. The number of aliphatic hydroxyl groups excluding tert-OH is 1. The van der Waals surface area contributed by atoms with Crippen LogP contribution < -0.4 is 10.2 Å². The van der Waals surface area contributed by atoms with Crippen molar-refractivity contribution in [3.05, 3.63) is 60.2 Å². The highest BCUT2D eigenvalue weighted by molar-refractivity contribution is 7.97. The zero-order chi connectivity index (χ0) is 22.2. The highest BCUT2D eigenvalue weighted by atomic mass is 32.2. The number of hydrogen-bond donors (Lipinski definition) is 2. The van der Waals surface area contributed by atoms with E-state index < -0.39 is 18.3 Å². The second-order valence-corrected chi connectivity index (χ2v) is 9.11. The van der Waals surface area contributed by atoms with Crippen molar-refractivity contribution in [3.8, 4) is 5.75 Å². The van der Waals surface area contributed by atoms with Gasteiger partial charge in [-0.1, -0.05) is 36.4 Å². The van der Waals surface area contributed by atoms with Crippen LogP contribution in [0.2, 0.25) is 0 Å². The van der Waals surface area contributed by atoms with Crippen molar-refractivity contribution >= 4 is 17.9 Å². The summed E-state index contributed by atoms with van der Waals surface area (Å²) in [7, 11) is 0. The minimum absolute atomic E-state index is 0.194. The normalized spacial score (nSPS) is 21.1. The van der Waals surface area contributed by atoms with Crippen molar-refractivity contribution in [2.75, 3.05) is 19.7 Å². The fourth-order valence-corrected chi connectivity index (χ4v) is 4.88. The van der Waals surface area contributed by atoms with Gasteiger partial charge in [0.15, 0.2) is 12.4 Å². The summed E-state index contributed by atoms with van der Waals surface area (Å²) in [6, 6.07) is 17.3. The van der Waals surface area contributed by atoms with E-state index in [4.69, 9.17) is 14.3 Å². The van der Waals surface area contributed by atoms with Gasteiger partial charge >= 0.3 is 0 Å². The van der Waals surface area contributed by atoms with Crippen LogP contribution in [0.5, 0.6) is 5.75 Å². The predicted octanol–water partition coefficient (Wildman–Crippen LogP) is 3.84. The number of benzene rings is 2. The fourth-order valence-electron chi connectivity index (χ4n) is 3.79. The van der Waals surface area contributed by atoms with Crippen molar-refractivity contribution in [2.24, 2.45) is 0 Å². The second kappa shape index (κ2) is 11.7. The lowest BCUT2D eigenvalue weighted by atomic mass is 10.1. The first kappa shape index (κ1) is 23.1. The summed E-state index contributed by atoms with van der Waals surface area (Å²) < 4.78 is 13.8. The third-order valence-corrected chi connectivity index (χ3v) is 6.76. The molecule has 0 spiro atoms. The van der Waals surface area contributed by atoms with Gasteiger partial charge in [0.05, 0.1) is 0 Å². The van der Waals surface area contributed by atoms with Gasteiger partial charge in [0.1, 0.15) is 11.9 Å². The Morgan fingerprint density at radius 1 is 1.06 bits per heavy atom. The quantitative estimate of drug-likeness (QED) is 0.459. The number of carbonyl (C=O) groups is 1. The molecule has 2 aliphatic heterocycles. The van der Waals surface area contributed by atoms with E-state index in [0.717, 1.165) is 55.8 Å². The maximum Gasteiger partial charge on any atom is 0.277 e. The fraction of sp³-hybridized carbons (Fsp3) is 0.458. The number of para-hydroxylation sites is 1. The standard InChI is InChI=1S/C24H30N2O5S/c27-23(24(28)25-31-22-12-6-7-17-29-22)20-10-4-5-11-21(20)32-26-15-13-19(14-16-26)30-18-8-2-1-3-9-18/h1-5,8-11,19,22-23,27H,6-7,12-17H2,(H,25,28). The molecular weight excluding hydrogens is 428 g/mol. The predicted molar refractivity (Wildman–Crippen MR) is 122 cm³/mol. The first-order valence-electron chi connectivity index (χ1n) is 11.2. The molecule has 2 aromatic rings. The number of rotatable bonds is 8. The van der Waals surface area contributed by atoms with E-state index in [-0.39, 0.29) is 6.10 Å². The van der Waals surface area contributed by atoms with Gasteiger partial charge in [-0.15, -0.1) is 0 Å². The number of aliphatic hydroxyl groups is 1. The van der Waals surface area contributed by atoms with Crippen LogP contribution >= 0.6 is 11.9 Å². The van der Waals surface area contributed by atoms with Gasteiger partial charge in [-0.3, -0.25) is 4.79 Å². The van der Waals surface area contributed by atoms with Crippen LogP contribution in [-0.2, 0) is 14.4 Å². The van der Waals surface area contributed by atoms with Gasteiger partial charge in [-0.25, -0.2) is 14.6 Å². The summed E-state index contributed by atoms with van der Waals surface area (Å²) in [5, 5.41) is 10.7. The van der Waals surface area contributed by atoms with Crippen LogP contribution in [0, 0.1) is 0 Å². The SMILES string of the molecule is O=C(NOC1CCCCO1)C(O)c1ccccc1SN1CCC(Oc2ccccc2)CC1. The van der Waals surface area contributed by atoms with Crippen molar-refractivity contribution in [2.45, 2.75) is 55.5 Å². The summed E-state index contributed by atoms with van der Waals surface area (Å²) in [6.45, 7) is 2.34. The summed E-state index contributed by atoms with van der Waals surface area (Å²) in [5.41, 5.74) is 2.92. The Kier molecular flexibility index (Phi) is 8.42. The van der Waals surface area contributed by atoms with Gasteiger partial charge < -0.3 is 14.6 Å². The number of hydroxylamine groups is 1. The summed E-state index contributed by atoms with van der Waals surface area (Å²) >= 11 is 1.56. The summed E-state index contributed by atoms with van der Waals surface area (Å²) in [4.78, 5) is 18.6. The zero-order valence-corrected chi connectivity index (χ0v) is 18.8. The first-order chi connectivity index (χ1) is 15.7. The highest BCUT2D eigenvalue weighted by Gasteiger charge is 2.26. The van der Waals surface area contributed by atoms with Gasteiger partial charge in [0.25, 0.3) is 5.91 Å². The molecule has 2 saturated heterocycles. The summed E-state index contributed by atoms with van der Waals surface area (Å²) in [6.07, 6.45) is 2.98. The number of carbonyl (C=O) groups excluding carboxylic acids is 1. The van der Waals surface area contributed by atoms with Crippen molar-refractivity contribution in [3.63, 3.8) is 0 Å². The molecule has 1 amide bonds. The van der Waals surface area contributed by atoms with Gasteiger partial charge in [0.2, 0.25) is 0 Å². The number of amides is 1. The monoisotopic (exact) mass is 458 g/mol. The molecule has 2 fully saturated rings. The maximum atomic E-state index is 12.5. The Hall–Kier alpha value is -2.10. The molecule has 0 aliphatic carbocycles. The minimum atomic E-state index is -1.32. The molecule has 2 atom stereocenters. The van der Waals surface area contributed by atoms with Crippen LogP contribution in [-0.4, -0.2) is 47.4 Å². The Bertz CT molecular complexity index is 854. The Balaban J connectivity index is 1.29. The molecule has 2 aliphatic rings. The zero-order valence-electron chi connectivity index (χ0n) is 18.0. The third kappa shape index (κ3) is 6.46. The van der Waals surface area contributed by atoms with Crippen molar-refractivity contribution in [1.82, 2.24) is 9.79 Å². The van der Waals surface area contributed by atoms with Crippen LogP contribution in [0.3, 0.4) is 0 Å². The van der Waals surface area contributed by atoms with Crippen molar-refractivity contribution in [1.29, 1.82) is 0 Å². The molecule has 4 rings (SSSR count). The average molecular weight is 459 g/mol. The molecule has 0 radical (unpaired) electrons. The van der Waals surface area contributed by atoms with E-state index in [0.29, 0.717) is 12.2 Å². The molecule has 172 valence electrons. The molecule has 8 heteroatoms. The lowest BCUT2D eigenvalue weighted by molar-refractivity contribution is -0.203. The molecule has 7 nitrogen and oxygen atoms in total. The van der Waals surface area contributed by atoms with Gasteiger partial charge in [0, 0.05) is 36.6 Å². The maximum absolute atomic E-state index is 12.5. The lowest BCUT2D eigenvalue weighted by Crippen LogP contribution is -2.36. The largest absolute Gasteiger partial charge is 0.490 e. The Labute approximate surface area is 193 Å². The van der Waals surface area contributed by atoms with E-state index in [1.807, 2.05) is 48.5 Å². The first-order valence-corrected chi connectivity index (χ1v) is 11.9. The van der Waals surface area contributed by atoms with E-state index >= 15 is 0 Å². The smallest absolute Gasteiger partial charge is 0.277 e. The molecule has 0 bridgehead atoms.